The Labute approximate surface area is 199 Å². The highest BCUT2D eigenvalue weighted by Crippen LogP contribution is 2.24. The van der Waals surface area contributed by atoms with Crippen LogP contribution in [0.4, 0.5) is 11.5 Å². The number of anilines is 2. The van der Waals surface area contributed by atoms with Crippen LogP contribution in [0.3, 0.4) is 0 Å². The van der Waals surface area contributed by atoms with Crippen LogP contribution >= 0.6 is 0 Å². The first-order valence-corrected chi connectivity index (χ1v) is 10.6. The number of unbranched alkanes of at least 4 members (excludes halogenated alkanes) is 1. The molecule has 178 valence electrons. The first kappa shape index (κ1) is 26.2. The first-order valence-electron chi connectivity index (χ1n) is 10.6. The first-order chi connectivity index (χ1) is 16.0. The van der Waals surface area contributed by atoms with Gasteiger partial charge in [-0.1, -0.05) is 25.6 Å². The Bertz CT molecular complexity index is 1120. The zero-order valence-electron chi connectivity index (χ0n) is 18.3. The van der Waals surface area contributed by atoms with Gasteiger partial charge >= 0.3 is 0 Å². The summed E-state index contributed by atoms with van der Waals surface area (Å²) in [6.07, 6.45) is 3.52. The minimum atomic E-state index is -0.443. The molecular weight excluding hydrogens is 432 g/mol. The van der Waals surface area contributed by atoms with Gasteiger partial charge in [-0.25, -0.2) is 4.98 Å². The number of Topliss-reactive ketones (excluding diaryl/α,β-unsaturated/α-hetero) is 1. The molecule has 2 aromatic carbocycles. The summed E-state index contributed by atoms with van der Waals surface area (Å²) in [6.45, 7) is 0.555. The lowest BCUT2D eigenvalue weighted by Crippen LogP contribution is -2.19. The van der Waals surface area contributed by atoms with Crippen LogP contribution in [0.5, 0.6) is 5.75 Å². The van der Waals surface area contributed by atoms with E-state index >= 15 is 0 Å². The van der Waals surface area contributed by atoms with Crippen LogP contribution < -0.4 is 21.1 Å². The van der Waals surface area contributed by atoms with E-state index in [9.17, 15) is 14.4 Å². The van der Waals surface area contributed by atoms with E-state index in [0.29, 0.717) is 41.3 Å². The van der Waals surface area contributed by atoms with Crippen LogP contribution in [-0.2, 0) is 0 Å². The fraction of sp³-hybridized carbons (Fsp3) is 0.231. The Kier molecular flexibility index (Phi) is 9.91. The van der Waals surface area contributed by atoms with E-state index in [0.717, 1.165) is 12.8 Å². The molecule has 3 rings (SSSR count). The third kappa shape index (κ3) is 6.98. The number of amides is 2. The summed E-state index contributed by atoms with van der Waals surface area (Å²) >= 11 is 0. The highest BCUT2D eigenvalue weighted by atomic mass is 16.5. The molecule has 0 unspecified atom stereocenters. The van der Waals surface area contributed by atoms with E-state index in [2.05, 4.69) is 15.6 Å². The van der Waals surface area contributed by atoms with Crippen molar-refractivity contribution in [2.45, 2.75) is 26.7 Å². The molecular formula is C26H30N4O4. The average Bonchev–Trinajstić information content (AvgIpc) is 2.85. The molecule has 2 amide bonds. The summed E-state index contributed by atoms with van der Waals surface area (Å²) in [6, 6.07) is 16.4. The molecule has 0 spiro atoms. The average molecular weight is 463 g/mol. The van der Waals surface area contributed by atoms with Crippen molar-refractivity contribution in [1.29, 1.82) is 0 Å². The van der Waals surface area contributed by atoms with E-state index in [4.69, 9.17) is 10.5 Å². The van der Waals surface area contributed by atoms with Gasteiger partial charge in [0.05, 0.1) is 18.4 Å². The zero-order chi connectivity index (χ0) is 23.6. The van der Waals surface area contributed by atoms with Crippen molar-refractivity contribution in [1.82, 2.24) is 4.98 Å². The molecule has 0 saturated carbocycles. The fourth-order valence-corrected chi connectivity index (χ4v) is 3.14. The van der Waals surface area contributed by atoms with Gasteiger partial charge in [0.2, 0.25) is 0 Å². The van der Waals surface area contributed by atoms with Gasteiger partial charge in [-0.2, -0.15) is 0 Å². The number of pyridine rings is 1. The molecule has 1 aromatic heterocycles. The second kappa shape index (κ2) is 12.9. The molecule has 0 fully saturated rings. The number of ether oxygens (including phenoxy) is 1. The molecule has 34 heavy (non-hydrogen) atoms. The number of aromatic nitrogens is 1. The van der Waals surface area contributed by atoms with Crippen molar-refractivity contribution in [3.8, 4) is 5.75 Å². The summed E-state index contributed by atoms with van der Waals surface area (Å²) in [7, 11) is 1.49. The number of rotatable bonds is 10. The van der Waals surface area contributed by atoms with Crippen molar-refractivity contribution >= 4 is 29.1 Å². The lowest BCUT2D eigenvalue weighted by molar-refractivity contribution is 0.0975. The van der Waals surface area contributed by atoms with Gasteiger partial charge in [0.25, 0.3) is 11.8 Å². The monoisotopic (exact) mass is 462 g/mol. The summed E-state index contributed by atoms with van der Waals surface area (Å²) < 4.78 is 5.22. The van der Waals surface area contributed by atoms with Crippen molar-refractivity contribution < 1.29 is 19.1 Å². The summed E-state index contributed by atoms with van der Waals surface area (Å²) in [5.74, 6) is 0.0144. The van der Waals surface area contributed by atoms with E-state index in [1.807, 2.05) is 0 Å². The van der Waals surface area contributed by atoms with E-state index in [-0.39, 0.29) is 18.8 Å². The number of hydrogen-bond donors (Lipinski definition) is 3. The molecule has 0 aliphatic heterocycles. The van der Waals surface area contributed by atoms with Crippen molar-refractivity contribution in [2.24, 2.45) is 5.73 Å². The van der Waals surface area contributed by atoms with Gasteiger partial charge in [0.1, 0.15) is 11.6 Å². The maximum absolute atomic E-state index is 12.8. The van der Waals surface area contributed by atoms with E-state index in [1.54, 1.807) is 60.8 Å². The van der Waals surface area contributed by atoms with Crippen LogP contribution in [-0.4, -0.2) is 36.2 Å². The van der Waals surface area contributed by atoms with E-state index < -0.39 is 11.8 Å². The number of nitrogens with one attached hydrogen (secondary N) is 2. The standard InChI is InChI=1S/C25H26N4O4.CH4/c1-33-19-12-13-21(20(16-19)25(32)29-23-7-3-5-15-27-23)28-24(31)18-10-8-17(9-11-18)22(30)6-2-4-14-26;/h3,5,7-13,15-16H,2,4,6,14,26H2,1H3,(H,28,31)(H,27,29,32);1H4. The second-order valence-electron chi connectivity index (χ2n) is 7.28. The Morgan fingerprint density at radius 3 is 2.29 bits per heavy atom. The summed E-state index contributed by atoms with van der Waals surface area (Å²) in [5, 5.41) is 5.46. The van der Waals surface area contributed by atoms with Crippen molar-refractivity contribution in [2.75, 3.05) is 24.3 Å². The second-order valence-corrected chi connectivity index (χ2v) is 7.28. The van der Waals surface area contributed by atoms with Crippen LogP contribution in [0.1, 0.15) is 57.8 Å². The predicted molar refractivity (Wildman–Crippen MR) is 134 cm³/mol. The van der Waals surface area contributed by atoms with Gasteiger partial charge < -0.3 is 21.1 Å². The molecule has 0 aliphatic rings. The lowest BCUT2D eigenvalue weighted by Gasteiger charge is -2.13. The molecule has 0 bridgehead atoms. The highest BCUT2D eigenvalue weighted by molar-refractivity contribution is 6.12. The summed E-state index contributed by atoms with van der Waals surface area (Å²) in [4.78, 5) is 42.0. The zero-order valence-corrected chi connectivity index (χ0v) is 18.3. The molecule has 1 heterocycles. The maximum Gasteiger partial charge on any atom is 0.259 e. The van der Waals surface area contributed by atoms with Crippen LogP contribution in [0, 0.1) is 0 Å². The molecule has 3 aromatic rings. The normalized spacial score (nSPS) is 10.1. The Morgan fingerprint density at radius 2 is 1.65 bits per heavy atom. The summed E-state index contributed by atoms with van der Waals surface area (Å²) in [5.41, 5.74) is 6.91. The number of benzene rings is 2. The number of nitrogens with two attached hydrogens (primary N) is 1. The van der Waals surface area contributed by atoms with Gasteiger partial charge in [-0.15, -0.1) is 0 Å². The number of carbonyl (C=O) groups excluding carboxylic acids is 3. The molecule has 0 aliphatic carbocycles. The number of methoxy groups -OCH3 is 1. The minimum Gasteiger partial charge on any atom is -0.497 e. The lowest BCUT2D eigenvalue weighted by atomic mass is 10.0. The van der Waals surface area contributed by atoms with Gasteiger partial charge in [0, 0.05) is 23.7 Å². The number of carbonyl (C=O) groups is 3. The largest absolute Gasteiger partial charge is 0.497 e. The van der Waals surface area contributed by atoms with Crippen LogP contribution in [0.15, 0.2) is 66.9 Å². The predicted octanol–water partition coefficient (Wildman–Crippen LogP) is 4.54. The number of nitrogens with zero attached hydrogens (tertiary/aromatic N) is 1. The molecule has 0 radical (unpaired) electrons. The topological polar surface area (TPSA) is 123 Å². The SMILES string of the molecule is C.COc1ccc(NC(=O)c2ccc(C(=O)CCCCN)cc2)c(C(=O)Nc2ccccn2)c1. The van der Waals surface area contributed by atoms with Crippen LogP contribution in [0.25, 0.3) is 0 Å². The number of hydrogen-bond acceptors (Lipinski definition) is 6. The third-order valence-electron chi connectivity index (χ3n) is 4.95. The minimum absolute atomic E-state index is 0. The molecule has 0 atom stereocenters. The Hall–Kier alpha value is -4.04. The quantitative estimate of drug-likeness (QED) is 0.300. The van der Waals surface area contributed by atoms with Crippen molar-refractivity contribution in [3.63, 3.8) is 0 Å². The highest BCUT2D eigenvalue weighted by Gasteiger charge is 2.17. The smallest absolute Gasteiger partial charge is 0.259 e. The Balaban J connectivity index is 0.00000408. The van der Waals surface area contributed by atoms with Gasteiger partial charge in [0.15, 0.2) is 5.78 Å². The molecule has 4 N–H and O–H groups in total. The maximum atomic E-state index is 12.8. The van der Waals surface area contributed by atoms with E-state index in [1.165, 1.54) is 13.2 Å². The molecule has 8 heteroatoms. The Morgan fingerprint density at radius 1 is 0.912 bits per heavy atom. The van der Waals surface area contributed by atoms with Crippen LogP contribution in [0.2, 0.25) is 0 Å². The van der Waals surface area contributed by atoms with Gasteiger partial charge in [-0.3, -0.25) is 14.4 Å². The fourth-order valence-electron chi connectivity index (χ4n) is 3.14. The molecule has 8 nitrogen and oxygen atoms in total. The molecule has 0 saturated heterocycles. The third-order valence-corrected chi connectivity index (χ3v) is 4.95. The van der Waals surface area contributed by atoms with Crippen molar-refractivity contribution in [3.05, 3.63) is 83.6 Å². The van der Waals surface area contributed by atoms with Gasteiger partial charge in [-0.05, 0) is 61.9 Å². The number of ketones is 1.